The first kappa shape index (κ1) is 53.9. The Bertz CT molecular complexity index is 4490. The Morgan fingerprint density at radius 3 is 1.42 bits per heavy atom. The van der Waals surface area contributed by atoms with Gasteiger partial charge in [0.25, 0.3) is 22.9 Å². The highest BCUT2D eigenvalue weighted by atomic mass is 19.1. The second-order valence-corrected chi connectivity index (χ2v) is 18.3. The Labute approximate surface area is 464 Å². The van der Waals surface area contributed by atoms with Crippen molar-refractivity contribution < 1.29 is 55.6 Å². The number of anilines is 2. The van der Waals surface area contributed by atoms with Crippen LogP contribution in [0.15, 0.2) is 165 Å². The summed E-state index contributed by atoms with van der Waals surface area (Å²) in [5.74, 6) is -1.64. The molecule has 0 saturated carbocycles. The quantitative estimate of drug-likeness (QED) is 0.115. The smallest absolute Gasteiger partial charge is 0.335 e. The number of aromatic nitrogens is 6. The van der Waals surface area contributed by atoms with E-state index in [9.17, 15) is 37.5 Å². The predicted molar refractivity (Wildman–Crippen MR) is 293 cm³/mol. The molecular weight excluding hydrogens is 1090 g/mol. The van der Waals surface area contributed by atoms with E-state index in [1.807, 2.05) is 0 Å². The highest BCUT2D eigenvalue weighted by molar-refractivity contribution is 6.05. The molecule has 2 aliphatic heterocycles. The molecule has 83 heavy (non-hydrogen) atoms. The molecule has 2 N–H and O–H groups in total. The molecule has 2 aliphatic rings. The first-order valence-corrected chi connectivity index (χ1v) is 25.3. The van der Waals surface area contributed by atoms with Crippen molar-refractivity contribution in [2.24, 2.45) is 7.05 Å². The third-order valence-corrected chi connectivity index (χ3v) is 13.0. The van der Waals surface area contributed by atoms with Crippen molar-refractivity contribution in [1.82, 2.24) is 28.2 Å². The third kappa shape index (κ3) is 10.8. The SMILES string of the molecule is CCn1cc(C(=O)Nc2ccc(Oc3ccnc4ccc5c(c34)OCCO5)cc2F)c(=O)n(-c2ccc(F)cc2)c1=O.Cn1cc(C(=O)Nc2ccc(Oc3ccnc4ccc5c(c34)OCCO5)cc2F)c(=O)n(-c2ccc(F)cc2)c1=O. The Balaban J connectivity index is 0.000000174. The Morgan fingerprint density at radius 1 is 0.542 bits per heavy atom. The van der Waals surface area contributed by atoms with Gasteiger partial charge in [0.1, 0.15) is 83.8 Å². The zero-order valence-electron chi connectivity index (χ0n) is 43.5. The lowest BCUT2D eigenvalue weighted by Gasteiger charge is -2.21. The van der Waals surface area contributed by atoms with Gasteiger partial charge < -0.3 is 43.6 Å². The standard InChI is InChI=1S/C30H22F2N4O6.C29H20F2N4O6/c1-2-35-16-20(29(38)36(30(35)39)18-5-3-17(31)4-6-18)28(37)34-22-8-7-19(15-21(22)32)42-24-11-12-33-23-9-10-25-27(26(23)24)41-14-13-40-25;1-34-15-19(28(37)35(29(34)38)17-4-2-16(30)3-5-17)27(36)33-21-7-6-18(14-20(21)31)41-23-10-11-32-22-8-9-24-26(25(22)23)40-13-12-39-24/h3-12,15-16H,2,13-14H2,1H3,(H,34,37);2-11,14-15H,12-13H2,1H3,(H,33,36). The minimum atomic E-state index is -0.948. The van der Waals surface area contributed by atoms with Crippen LogP contribution in [0.2, 0.25) is 0 Å². The number of halogens is 4. The lowest BCUT2D eigenvalue weighted by molar-refractivity contribution is 0.101. The molecule has 0 saturated heterocycles. The van der Waals surface area contributed by atoms with Gasteiger partial charge in [0.05, 0.1) is 44.6 Å². The number of carbonyl (C=O) groups is 2. The van der Waals surface area contributed by atoms with Crippen molar-refractivity contribution in [1.29, 1.82) is 0 Å². The summed E-state index contributed by atoms with van der Waals surface area (Å²) in [5.41, 5.74) is -3.26. The molecule has 0 spiro atoms. The number of benzene rings is 6. The van der Waals surface area contributed by atoms with E-state index in [-0.39, 0.29) is 40.8 Å². The zero-order valence-corrected chi connectivity index (χ0v) is 43.5. The molecular formula is C59H42F4N8O12. The number of amides is 2. The normalized spacial score (nSPS) is 12.3. The third-order valence-electron chi connectivity index (χ3n) is 13.0. The van der Waals surface area contributed by atoms with Crippen molar-refractivity contribution in [2.75, 3.05) is 37.1 Å². The minimum absolute atomic E-state index is 0.0706. The van der Waals surface area contributed by atoms with E-state index in [0.29, 0.717) is 82.7 Å². The number of rotatable bonds is 11. The van der Waals surface area contributed by atoms with Crippen molar-refractivity contribution in [3.05, 3.63) is 222 Å². The van der Waals surface area contributed by atoms with E-state index < -0.39 is 68.7 Å². The molecule has 0 aliphatic carbocycles. The maximum absolute atomic E-state index is 15.2. The van der Waals surface area contributed by atoms with Crippen molar-refractivity contribution in [3.8, 4) is 57.4 Å². The van der Waals surface area contributed by atoms with Gasteiger partial charge >= 0.3 is 11.4 Å². The Kier molecular flexibility index (Phi) is 14.7. The van der Waals surface area contributed by atoms with Crippen LogP contribution < -0.4 is 61.6 Å². The molecule has 0 fully saturated rings. The van der Waals surface area contributed by atoms with Gasteiger partial charge in [0.2, 0.25) is 0 Å². The molecule has 6 heterocycles. The summed E-state index contributed by atoms with van der Waals surface area (Å²) in [6.45, 7) is 3.33. The number of nitrogens with one attached hydrogen (secondary N) is 2. The van der Waals surface area contributed by atoms with Crippen LogP contribution in [0.5, 0.6) is 46.0 Å². The fraction of sp³-hybridized carbons (Fsp3) is 0.119. The zero-order chi connectivity index (χ0) is 58.1. The van der Waals surface area contributed by atoms with Crippen LogP contribution in [0.3, 0.4) is 0 Å². The van der Waals surface area contributed by atoms with Crippen LogP contribution in [-0.2, 0) is 13.6 Å². The number of nitrogens with zero attached hydrogens (tertiary/aromatic N) is 6. The van der Waals surface area contributed by atoms with E-state index in [2.05, 4.69) is 20.6 Å². The summed E-state index contributed by atoms with van der Waals surface area (Å²) in [6, 6.07) is 27.2. The van der Waals surface area contributed by atoms with E-state index in [1.165, 1.54) is 55.6 Å². The van der Waals surface area contributed by atoms with Gasteiger partial charge in [-0.3, -0.25) is 33.7 Å². The topological polar surface area (TPSA) is 227 Å². The van der Waals surface area contributed by atoms with E-state index in [0.717, 1.165) is 67.1 Å². The maximum atomic E-state index is 15.2. The number of ether oxygens (including phenoxy) is 6. The molecule has 24 heteroatoms. The van der Waals surface area contributed by atoms with E-state index in [1.54, 1.807) is 55.7 Å². The monoisotopic (exact) mass is 1130 g/mol. The lowest BCUT2D eigenvalue weighted by atomic mass is 10.1. The molecule has 10 aromatic rings. The average molecular weight is 1130 g/mol. The van der Waals surface area contributed by atoms with Gasteiger partial charge in [0.15, 0.2) is 23.0 Å². The second kappa shape index (κ2) is 22.6. The Morgan fingerprint density at radius 2 is 0.976 bits per heavy atom. The predicted octanol–water partition coefficient (Wildman–Crippen LogP) is 8.84. The summed E-state index contributed by atoms with van der Waals surface area (Å²) in [4.78, 5) is 86.5. The molecule has 20 nitrogen and oxygen atoms in total. The summed E-state index contributed by atoms with van der Waals surface area (Å²) in [6.07, 6.45) is 5.25. The van der Waals surface area contributed by atoms with Gasteiger partial charge in [-0.15, -0.1) is 0 Å². The molecule has 6 aromatic carbocycles. The summed E-state index contributed by atoms with van der Waals surface area (Å²) < 4.78 is 95.5. The van der Waals surface area contributed by atoms with E-state index in [4.69, 9.17) is 28.4 Å². The second-order valence-electron chi connectivity index (χ2n) is 18.3. The number of hydrogen-bond donors (Lipinski definition) is 2. The van der Waals surface area contributed by atoms with Crippen LogP contribution in [0.25, 0.3) is 33.2 Å². The van der Waals surface area contributed by atoms with Crippen LogP contribution in [-0.4, -0.2) is 66.5 Å². The molecule has 418 valence electrons. The van der Waals surface area contributed by atoms with Crippen molar-refractivity contribution in [3.63, 3.8) is 0 Å². The fourth-order valence-corrected chi connectivity index (χ4v) is 9.01. The summed E-state index contributed by atoms with van der Waals surface area (Å²) in [7, 11) is 1.35. The Hall–Kier alpha value is -11.0. The number of aryl methyl sites for hydroxylation is 2. The first-order valence-electron chi connectivity index (χ1n) is 25.3. The minimum Gasteiger partial charge on any atom is -0.486 e. The van der Waals surface area contributed by atoms with Gasteiger partial charge in [-0.05, 0) is 116 Å². The van der Waals surface area contributed by atoms with Crippen LogP contribution in [0.4, 0.5) is 28.9 Å². The van der Waals surface area contributed by atoms with Crippen LogP contribution in [0, 0.1) is 23.3 Å². The molecule has 0 atom stereocenters. The summed E-state index contributed by atoms with van der Waals surface area (Å²) in [5, 5.41) is 5.87. The molecule has 2 amide bonds. The van der Waals surface area contributed by atoms with Gasteiger partial charge in [-0.2, -0.15) is 0 Å². The molecule has 0 bridgehead atoms. The molecule has 0 unspecified atom stereocenters. The first-order chi connectivity index (χ1) is 40.1. The maximum Gasteiger partial charge on any atom is 0.335 e. The van der Waals surface area contributed by atoms with Crippen LogP contribution in [0.1, 0.15) is 27.6 Å². The van der Waals surface area contributed by atoms with E-state index >= 15 is 8.78 Å². The lowest BCUT2D eigenvalue weighted by Crippen LogP contribution is -2.42. The highest BCUT2D eigenvalue weighted by Gasteiger charge is 2.25. The molecule has 12 rings (SSSR count). The number of hydrogen-bond acceptors (Lipinski definition) is 14. The molecule has 4 aromatic heterocycles. The number of fused-ring (bicyclic) bond motifs is 6. The summed E-state index contributed by atoms with van der Waals surface area (Å²) >= 11 is 0. The van der Waals surface area contributed by atoms with Gasteiger partial charge in [0, 0.05) is 50.5 Å². The average Bonchev–Trinajstić information content (AvgIpc) is 3.69. The van der Waals surface area contributed by atoms with Crippen molar-refractivity contribution >= 4 is 45.0 Å². The van der Waals surface area contributed by atoms with Crippen molar-refractivity contribution in [2.45, 2.75) is 13.5 Å². The van der Waals surface area contributed by atoms with Crippen LogP contribution >= 0.6 is 0 Å². The van der Waals surface area contributed by atoms with Gasteiger partial charge in [-0.1, -0.05) is 0 Å². The number of pyridine rings is 2. The highest BCUT2D eigenvalue weighted by Crippen LogP contribution is 2.44. The largest absolute Gasteiger partial charge is 0.486 e. The van der Waals surface area contributed by atoms with Gasteiger partial charge in [-0.25, -0.2) is 36.3 Å². The number of carbonyl (C=O) groups excluding carboxylic acids is 2. The molecule has 0 radical (unpaired) electrons. The fourth-order valence-electron chi connectivity index (χ4n) is 9.01.